The van der Waals surface area contributed by atoms with E-state index in [0.29, 0.717) is 33.2 Å². The Morgan fingerprint density at radius 3 is 1.25 bits per heavy atom. The average molecular weight is 780 g/mol. The summed E-state index contributed by atoms with van der Waals surface area (Å²) in [5, 5.41) is 0.672. The zero-order valence-electron chi connectivity index (χ0n) is 45.8. The Morgan fingerprint density at radius 1 is 0.383 bits per heavy atom. The molecular weight excluding hydrogens is 727 g/mol. The van der Waals surface area contributed by atoms with Gasteiger partial charge >= 0.3 is 0 Å². The van der Waals surface area contributed by atoms with Crippen LogP contribution >= 0.6 is 0 Å². The number of anilines is 3. The second kappa shape index (κ2) is 13.4. The van der Waals surface area contributed by atoms with Gasteiger partial charge in [-0.15, -0.1) is 0 Å². The van der Waals surface area contributed by atoms with Gasteiger partial charge in [0.25, 0.3) is 0 Å². The third kappa shape index (κ3) is 4.82. The lowest BCUT2D eigenvalue weighted by Crippen LogP contribution is -2.29. The first-order valence-corrected chi connectivity index (χ1v) is 19.6. The first kappa shape index (κ1) is 23.0. The van der Waals surface area contributed by atoms with Crippen LogP contribution in [-0.4, -0.2) is 0 Å². The van der Waals surface area contributed by atoms with Crippen LogP contribution in [0.3, 0.4) is 0 Å². The maximum Gasteiger partial charge on any atom is 0.135 e. The molecule has 2 nitrogen and oxygen atoms in total. The van der Waals surface area contributed by atoms with Crippen LogP contribution in [0.4, 0.5) is 17.1 Å². The summed E-state index contributed by atoms with van der Waals surface area (Å²) in [4.78, 5) is 1.34. The molecule has 0 saturated heterocycles. The van der Waals surface area contributed by atoms with Crippen LogP contribution in [-0.2, 0) is 10.8 Å². The molecular formula is C58H39NO. The summed E-state index contributed by atoms with van der Waals surface area (Å²) in [5.74, 6) is 0. The maximum atomic E-state index is 10.8. The number of benzene rings is 9. The van der Waals surface area contributed by atoms with Gasteiger partial charge in [-0.1, -0.05) is 182 Å². The van der Waals surface area contributed by atoms with E-state index in [1.165, 1.54) is 11.2 Å². The molecule has 0 spiro atoms. The summed E-state index contributed by atoms with van der Waals surface area (Å²) >= 11 is 0. The highest BCUT2D eigenvalue weighted by Gasteiger charge is 2.48. The van der Waals surface area contributed by atoms with E-state index in [1.807, 2.05) is 0 Å². The molecule has 282 valence electrons. The van der Waals surface area contributed by atoms with Crippen LogP contribution in [0.5, 0.6) is 0 Å². The summed E-state index contributed by atoms with van der Waals surface area (Å²) in [6.45, 7) is 0. The van der Waals surface area contributed by atoms with Gasteiger partial charge in [-0.3, -0.25) is 0 Å². The molecule has 0 atom stereocenters. The smallest absolute Gasteiger partial charge is 0.135 e. The van der Waals surface area contributed by atoms with E-state index < -0.39 is 95.4 Å². The number of hydrogen-bond donors (Lipinski definition) is 0. The van der Waals surface area contributed by atoms with Gasteiger partial charge in [-0.2, -0.15) is 0 Å². The molecule has 9 aromatic carbocycles. The quantitative estimate of drug-likeness (QED) is 0.160. The SMILES string of the molecule is [2H]c1c([2H])c([2H])c2c(c1[2H])-c1c([2H])c([2H])c(N(c3ccc4ccoc4c3)c3c([2H])c([2H])c4c(c3[2H])C(c3ccccc3)(c3ccccc3)c3c([2H])c([2H])c([2H])c([2H])c3-4)c([2H])c1C2(c1ccccc1)c1ccccc1. The largest absolute Gasteiger partial charge is 0.464 e. The fourth-order valence-electron chi connectivity index (χ4n) is 9.46. The zero-order valence-corrected chi connectivity index (χ0v) is 31.8. The number of hydrogen-bond acceptors (Lipinski definition) is 2. The van der Waals surface area contributed by atoms with Crippen LogP contribution < -0.4 is 4.90 Å². The topological polar surface area (TPSA) is 16.4 Å². The second-order valence-corrected chi connectivity index (χ2v) is 14.9. The van der Waals surface area contributed by atoms with E-state index in [1.54, 1.807) is 146 Å². The van der Waals surface area contributed by atoms with Crippen molar-refractivity contribution in [3.05, 3.63) is 281 Å². The predicted octanol–water partition coefficient (Wildman–Crippen LogP) is 14.6. The first-order valence-electron chi connectivity index (χ1n) is 26.6. The van der Waals surface area contributed by atoms with Crippen LogP contribution in [0.15, 0.2) is 241 Å². The van der Waals surface area contributed by atoms with Crippen LogP contribution in [0.2, 0.25) is 0 Å². The van der Waals surface area contributed by atoms with Crippen molar-refractivity contribution in [3.8, 4) is 22.3 Å². The highest BCUT2D eigenvalue weighted by Crippen LogP contribution is 2.59. The lowest BCUT2D eigenvalue weighted by molar-refractivity contribution is 0.616. The summed E-state index contributed by atoms with van der Waals surface area (Å²) in [7, 11) is 0. The van der Waals surface area contributed by atoms with Crippen LogP contribution in [0.25, 0.3) is 33.2 Å². The monoisotopic (exact) mass is 779 g/mol. The summed E-state index contributed by atoms with van der Waals surface area (Å²) in [6.07, 6.45) is 1.48. The minimum atomic E-state index is -1.73. The molecule has 10 aromatic rings. The molecule has 1 heterocycles. The van der Waals surface area contributed by atoms with Gasteiger partial charge in [0.15, 0.2) is 0 Å². The summed E-state index contributed by atoms with van der Waals surface area (Å²) < 4.78 is 142. The molecule has 0 radical (unpaired) electrons. The molecule has 2 aliphatic carbocycles. The van der Waals surface area contributed by atoms with E-state index in [2.05, 4.69) is 0 Å². The molecule has 12 rings (SSSR count). The Labute approximate surface area is 370 Å². The molecule has 0 aliphatic heterocycles. The maximum absolute atomic E-state index is 10.8. The van der Waals surface area contributed by atoms with Gasteiger partial charge in [0.2, 0.25) is 0 Å². The first-order chi connectivity index (χ1) is 35.6. The molecule has 1 aromatic heterocycles. The predicted molar refractivity (Wildman–Crippen MR) is 246 cm³/mol. The molecule has 0 N–H and O–H groups in total. The van der Waals surface area contributed by atoms with Crippen molar-refractivity contribution < 1.29 is 23.6 Å². The minimum Gasteiger partial charge on any atom is -0.464 e. The van der Waals surface area contributed by atoms with Gasteiger partial charge in [-0.25, -0.2) is 0 Å². The summed E-state index contributed by atoms with van der Waals surface area (Å²) in [5.41, 5.74) is -1.50. The molecule has 2 aliphatic rings. The van der Waals surface area contributed by atoms with Gasteiger partial charge in [0.05, 0.1) is 36.3 Å². The average Bonchev–Trinajstić information content (AvgIpc) is 4.15. The molecule has 60 heavy (non-hydrogen) atoms. The fraction of sp³-hybridized carbons (Fsp3) is 0.0345. The number of nitrogens with zero attached hydrogens (tertiary/aromatic N) is 1. The summed E-state index contributed by atoms with van der Waals surface area (Å²) in [6, 6.07) is 35.6. The Hall–Kier alpha value is -7.68. The molecule has 0 saturated carbocycles. The standard InChI is InChI=1S/C58H39NO/c1-5-17-41(18-6-1)57(42-19-7-2-8-20-42)52-27-15-13-25-48(52)50-33-31-45(37-54(50)57)59(47-30-29-40-35-36-60-56(40)39-47)46-32-34-51-49-26-14-16-28-53(49)58(55(51)38-46,43-21-9-3-10-22-43)44-23-11-4-12-24-44/h1-39H/i13D,14D,15D,16D,25D,26D,27D,28D,31D,32D,33D,34D,37D,38D. The highest BCUT2D eigenvalue weighted by atomic mass is 16.3. The molecule has 2 heteroatoms. The van der Waals surface area contributed by atoms with Crippen molar-refractivity contribution >= 4 is 28.0 Å². The molecule has 0 bridgehead atoms. The second-order valence-electron chi connectivity index (χ2n) is 14.9. The molecule has 0 amide bonds. The van der Waals surface area contributed by atoms with Crippen molar-refractivity contribution in [1.29, 1.82) is 0 Å². The van der Waals surface area contributed by atoms with E-state index in [9.17, 15) is 13.7 Å². The van der Waals surface area contributed by atoms with Crippen LogP contribution in [0.1, 0.15) is 63.7 Å². The van der Waals surface area contributed by atoms with Crippen molar-refractivity contribution in [1.82, 2.24) is 0 Å². The third-order valence-corrected chi connectivity index (χ3v) is 11.9. The Morgan fingerprint density at radius 2 is 0.800 bits per heavy atom. The van der Waals surface area contributed by atoms with Gasteiger partial charge in [-0.05, 0) is 109 Å². The normalized spacial score (nSPS) is 17.2. The van der Waals surface area contributed by atoms with E-state index >= 15 is 0 Å². The van der Waals surface area contributed by atoms with Crippen LogP contribution in [0, 0.1) is 0 Å². The lowest BCUT2D eigenvalue weighted by Gasteiger charge is -2.36. The van der Waals surface area contributed by atoms with Gasteiger partial charge in [0.1, 0.15) is 5.58 Å². The number of fused-ring (bicyclic) bond motifs is 7. The fourth-order valence-corrected chi connectivity index (χ4v) is 9.46. The van der Waals surface area contributed by atoms with Crippen molar-refractivity contribution in [2.24, 2.45) is 0 Å². The number of rotatable bonds is 7. The Balaban J connectivity index is 1.29. The van der Waals surface area contributed by atoms with Crippen molar-refractivity contribution in [2.45, 2.75) is 10.8 Å². The molecule has 0 unspecified atom stereocenters. The van der Waals surface area contributed by atoms with Gasteiger partial charge in [0, 0.05) is 28.5 Å². The Bertz CT molecular complexity index is 3710. The highest BCUT2D eigenvalue weighted by molar-refractivity contribution is 5.93. The van der Waals surface area contributed by atoms with Crippen molar-refractivity contribution in [2.75, 3.05) is 4.90 Å². The van der Waals surface area contributed by atoms with E-state index in [4.69, 9.17) is 9.90 Å². The lowest BCUT2D eigenvalue weighted by atomic mass is 9.67. The van der Waals surface area contributed by atoms with Crippen molar-refractivity contribution in [3.63, 3.8) is 0 Å². The van der Waals surface area contributed by atoms with Gasteiger partial charge < -0.3 is 9.32 Å². The number of furan rings is 1. The minimum absolute atomic E-state index is 0.0395. The van der Waals surface area contributed by atoms with E-state index in [-0.39, 0.29) is 61.6 Å². The van der Waals surface area contributed by atoms with E-state index in [0.717, 1.165) is 0 Å². The molecule has 0 fully saturated rings. The third-order valence-electron chi connectivity index (χ3n) is 11.9. The Kier molecular flexibility index (Phi) is 5.16. The zero-order chi connectivity index (χ0) is 51.9.